The van der Waals surface area contributed by atoms with E-state index < -0.39 is 29.7 Å². The first kappa shape index (κ1) is 15.6. The van der Waals surface area contributed by atoms with E-state index in [1.165, 1.54) is 6.07 Å². The van der Waals surface area contributed by atoms with Gasteiger partial charge in [-0.15, -0.1) is 0 Å². The zero-order valence-electron chi connectivity index (χ0n) is 10.4. The van der Waals surface area contributed by atoms with Gasteiger partial charge in [0.1, 0.15) is 0 Å². The molecule has 1 aliphatic rings. The number of likely N-dealkylation sites (tertiary alicyclic amines) is 1. The molecule has 2 N–H and O–H groups in total. The molecule has 9 heteroatoms. The highest BCUT2D eigenvalue weighted by molar-refractivity contribution is 9.10. The Bertz CT molecular complexity index is 586. The number of nitrogens with zero attached hydrogens (tertiary/aromatic N) is 1. The molecule has 5 nitrogen and oxygen atoms in total. The number of hydrogen-bond acceptors (Lipinski definition) is 2. The van der Waals surface area contributed by atoms with Crippen LogP contribution in [-0.2, 0) is 11.0 Å². The fourth-order valence-electron chi connectivity index (χ4n) is 1.85. The second kappa shape index (κ2) is 5.55. The number of nitrogens with one attached hydrogen (secondary N) is 1. The maximum absolute atomic E-state index is 12.9. The van der Waals surface area contributed by atoms with E-state index >= 15 is 0 Å². The number of alkyl halides is 3. The highest BCUT2D eigenvalue weighted by Gasteiger charge is 2.38. The summed E-state index contributed by atoms with van der Waals surface area (Å²) in [7, 11) is 0. The molecule has 1 fully saturated rings. The third kappa shape index (κ3) is 3.46. The van der Waals surface area contributed by atoms with Crippen LogP contribution in [0.1, 0.15) is 5.56 Å². The van der Waals surface area contributed by atoms with Gasteiger partial charge in [0.05, 0.1) is 17.2 Å². The van der Waals surface area contributed by atoms with Crippen LogP contribution in [0.2, 0.25) is 0 Å². The second-order valence-corrected chi connectivity index (χ2v) is 5.47. The number of aliphatic carboxylic acids is 1. The van der Waals surface area contributed by atoms with Crippen LogP contribution in [0.4, 0.5) is 23.7 Å². The van der Waals surface area contributed by atoms with Crippen molar-refractivity contribution in [3.8, 4) is 0 Å². The Labute approximate surface area is 125 Å². The number of hydrogen-bond donors (Lipinski definition) is 2. The Morgan fingerprint density at radius 1 is 1.33 bits per heavy atom. The standard InChI is InChI=1S/C12H10BrF3N2O3/c13-7-1-2-9(8(3-7)12(14,15)16)17-11(21)18-4-6(5-18)10(19)20/h1-3,6H,4-5H2,(H,17,21)(H,19,20). The zero-order chi connectivity index (χ0) is 15.8. The molecule has 1 saturated heterocycles. The maximum Gasteiger partial charge on any atom is 0.418 e. The van der Waals surface area contributed by atoms with Crippen molar-refractivity contribution >= 4 is 33.6 Å². The van der Waals surface area contributed by atoms with E-state index in [-0.39, 0.29) is 23.2 Å². The van der Waals surface area contributed by atoms with Crippen molar-refractivity contribution in [1.82, 2.24) is 4.90 Å². The molecule has 21 heavy (non-hydrogen) atoms. The lowest BCUT2D eigenvalue weighted by atomic mass is 10.0. The van der Waals surface area contributed by atoms with Crippen LogP contribution in [0.15, 0.2) is 22.7 Å². The lowest BCUT2D eigenvalue weighted by Gasteiger charge is -2.36. The Morgan fingerprint density at radius 2 is 1.95 bits per heavy atom. The summed E-state index contributed by atoms with van der Waals surface area (Å²) in [6.45, 7) is -0.0297. The van der Waals surface area contributed by atoms with Gasteiger partial charge in [0.15, 0.2) is 0 Å². The summed E-state index contributed by atoms with van der Waals surface area (Å²) in [6.07, 6.45) is -4.61. The number of rotatable bonds is 2. The Kier molecular flexibility index (Phi) is 4.13. The van der Waals surface area contributed by atoms with Crippen molar-refractivity contribution in [1.29, 1.82) is 0 Å². The van der Waals surface area contributed by atoms with Gasteiger partial charge in [-0.1, -0.05) is 15.9 Å². The second-order valence-electron chi connectivity index (χ2n) is 4.56. The van der Waals surface area contributed by atoms with E-state index in [9.17, 15) is 22.8 Å². The van der Waals surface area contributed by atoms with Gasteiger partial charge in [-0.3, -0.25) is 4.79 Å². The SMILES string of the molecule is O=C(O)C1CN(C(=O)Nc2ccc(Br)cc2C(F)(F)F)C1. The number of benzene rings is 1. The molecule has 0 aliphatic carbocycles. The molecule has 2 rings (SSSR count). The summed E-state index contributed by atoms with van der Waals surface area (Å²) in [4.78, 5) is 23.5. The Hall–Kier alpha value is -1.77. The van der Waals surface area contributed by atoms with Crippen LogP contribution >= 0.6 is 15.9 Å². The topological polar surface area (TPSA) is 69.6 Å². The number of carbonyl (C=O) groups excluding carboxylic acids is 1. The van der Waals surface area contributed by atoms with Gasteiger partial charge < -0.3 is 15.3 Å². The fourth-order valence-corrected chi connectivity index (χ4v) is 2.22. The largest absolute Gasteiger partial charge is 0.481 e. The molecule has 0 atom stereocenters. The number of carboxylic acids is 1. The van der Waals surface area contributed by atoms with Crippen LogP contribution in [0, 0.1) is 5.92 Å². The summed E-state index contributed by atoms with van der Waals surface area (Å²) in [6, 6.07) is 2.63. The van der Waals surface area contributed by atoms with Crippen LogP contribution in [0.25, 0.3) is 0 Å². The maximum atomic E-state index is 12.9. The summed E-state index contributed by atoms with van der Waals surface area (Å²) in [5.41, 5.74) is -1.34. The number of amides is 2. The van der Waals surface area contributed by atoms with Crippen LogP contribution in [0.3, 0.4) is 0 Å². The van der Waals surface area contributed by atoms with E-state index in [1.807, 2.05) is 0 Å². The van der Waals surface area contributed by atoms with Gasteiger partial charge in [-0.25, -0.2) is 4.79 Å². The average molecular weight is 367 g/mol. The first-order valence-corrected chi connectivity index (χ1v) is 6.63. The molecular formula is C12H10BrF3N2O3. The summed E-state index contributed by atoms with van der Waals surface area (Å²) in [5, 5.41) is 10.9. The summed E-state index contributed by atoms with van der Waals surface area (Å²) >= 11 is 2.94. The monoisotopic (exact) mass is 366 g/mol. The first-order chi connectivity index (χ1) is 9.68. The molecule has 1 aliphatic heterocycles. The van der Waals surface area contributed by atoms with E-state index in [2.05, 4.69) is 21.2 Å². The predicted octanol–water partition coefficient (Wildman–Crippen LogP) is 3.02. The number of halogens is 4. The van der Waals surface area contributed by atoms with Crippen molar-refractivity contribution in [2.24, 2.45) is 5.92 Å². The molecule has 1 heterocycles. The number of anilines is 1. The van der Waals surface area contributed by atoms with Gasteiger partial charge >= 0.3 is 18.2 Å². The van der Waals surface area contributed by atoms with Crippen LogP contribution < -0.4 is 5.32 Å². The van der Waals surface area contributed by atoms with Gasteiger partial charge in [-0.05, 0) is 18.2 Å². The van der Waals surface area contributed by atoms with Crippen molar-refractivity contribution in [2.45, 2.75) is 6.18 Å². The van der Waals surface area contributed by atoms with Crippen molar-refractivity contribution in [3.63, 3.8) is 0 Å². The Balaban J connectivity index is 2.10. The Morgan fingerprint density at radius 3 is 2.48 bits per heavy atom. The molecule has 0 spiro atoms. The van der Waals surface area contributed by atoms with Crippen LogP contribution in [0.5, 0.6) is 0 Å². The van der Waals surface area contributed by atoms with E-state index in [4.69, 9.17) is 5.11 Å². The van der Waals surface area contributed by atoms with Crippen molar-refractivity contribution in [2.75, 3.05) is 18.4 Å². The lowest BCUT2D eigenvalue weighted by Crippen LogP contribution is -2.54. The number of carbonyl (C=O) groups is 2. The lowest BCUT2D eigenvalue weighted by molar-refractivity contribution is -0.146. The normalized spacial score (nSPS) is 15.5. The number of urea groups is 1. The summed E-state index contributed by atoms with van der Waals surface area (Å²) in [5.74, 6) is -1.69. The first-order valence-electron chi connectivity index (χ1n) is 5.84. The highest BCUT2D eigenvalue weighted by Crippen LogP contribution is 2.36. The summed E-state index contributed by atoms with van der Waals surface area (Å²) < 4.78 is 38.9. The third-order valence-corrected chi connectivity index (χ3v) is 3.54. The predicted molar refractivity (Wildman–Crippen MR) is 70.9 cm³/mol. The van der Waals surface area contributed by atoms with Crippen molar-refractivity contribution in [3.05, 3.63) is 28.2 Å². The van der Waals surface area contributed by atoms with Gasteiger partial charge in [0, 0.05) is 17.6 Å². The van der Waals surface area contributed by atoms with E-state index in [1.54, 1.807) is 0 Å². The smallest absolute Gasteiger partial charge is 0.418 e. The molecule has 114 valence electrons. The van der Waals surface area contributed by atoms with E-state index in [0.29, 0.717) is 0 Å². The molecular weight excluding hydrogens is 357 g/mol. The van der Waals surface area contributed by atoms with Gasteiger partial charge in [-0.2, -0.15) is 13.2 Å². The molecule has 0 bridgehead atoms. The molecule has 1 aromatic rings. The quantitative estimate of drug-likeness (QED) is 0.845. The van der Waals surface area contributed by atoms with Crippen LogP contribution in [-0.4, -0.2) is 35.1 Å². The minimum Gasteiger partial charge on any atom is -0.481 e. The van der Waals surface area contributed by atoms with Gasteiger partial charge in [0.25, 0.3) is 0 Å². The molecule has 2 amide bonds. The molecule has 0 aromatic heterocycles. The third-order valence-electron chi connectivity index (χ3n) is 3.05. The highest BCUT2D eigenvalue weighted by atomic mass is 79.9. The average Bonchev–Trinajstić information content (AvgIpc) is 2.27. The molecule has 0 saturated carbocycles. The fraction of sp³-hybridized carbons (Fsp3) is 0.333. The minimum atomic E-state index is -4.61. The zero-order valence-corrected chi connectivity index (χ0v) is 12.0. The van der Waals surface area contributed by atoms with Gasteiger partial charge in [0.2, 0.25) is 0 Å². The molecule has 1 aromatic carbocycles. The van der Waals surface area contributed by atoms with Crippen molar-refractivity contribution < 1.29 is 27.9 Å². The minimum absolute atomic E-state index is 0.0148. The molecule has 0 radical (unpaired) electrons. The molecule has 0 unspecified atom stereocenters. The number of carboxylic acid groups (broad SMARTS) is 1. The van der Waals surface area contributed by atoms with E-state index in [0.717, 1.165) is 17.0 Å².